The van der Waals surface area contributed by atoms with Gasteiger partial charge in [0.1, 0.15) is 5.75 Å². The molecular weight excluding hydrogens is 333 g/mol. The number of hydrogen-bond donors (Lipinski definition) is 1. The van der Waals surface area contributed by atoms with E-state index in [1.165, 1.54) is 0 Å². The number of methoxy groups -OCH3 is 1. The lowest BCUT2D eigenvalue weighted by Gasteiger charge is -2.12. The van der Waals surface area contributed by atoms with Gasteiger partial charge in [-0.3, -0.25) is 4.79 Å². The molecule has 3 aromatic rings. The van der Waals surface area contributed by atoms with E-state index in [1.54, 1.807) is 25.3 Å². The van der Waals surface area contributed by atoms with E-state index in [4.69, 9.17) is 27.9 Å². The van der Waals surface area contributed by atoms with Gasteiger partial charge >= 0.3 is 0 Å². The molecule has 116 valence electrons. The first kappa shape index (κ1) is 15.7. The van der Waals surface area contributed by atoms with Crippen molar-refractivity contribution < 1.29 is 9.53 Å². The minimum Gasteiger partial charge on any atom is -0.496 e. The van der Waals surface area contributed by atoms with E-state index < -0.39 is 0 Å². The first-order valence-corrected chi connectivity index (χ1v) is 7.68. The van der Waals surface area contributed by atoms with Gasteiger partial charge < -0.3 is 10.1 Å². The maximum atomic E-state index is 12.5. The number of nitrogens with one attached hydrogen (secondary N) is 1. The summed E-state index contributed by atoms with van der Waals surface area (Å²) in [5.41, 5.74) is 1.06. The quantitative estimate of drug-likeness (QED) is 0.689. The third kappa shape index (κ3) is 3.11. The highest BCUT2D eigenvalue weighted by molar-refractivity contribution is 6.37. The van der Waals surface area contributed by atoms with Gasteiger partial charge in [-0.15, -0.1) is 0 Å². The molecule has 0 saturated heterocycles. The highest BCUT2D eigenvalue weighted by Gasteiger charge is 2.13. The largest absolute Gasteiger partial charge is 0.496 e. The average Bonchev–Trinajstić information content (AvgIpc) is 2.55. The number of carbonyl (C=O) groups excluding carboxylic acids is 1. The van der Waals surface area contributed by atoms with Crippen LogP contribution < -0.4 is 10.1 Å². The molecule has 0 aliphatic carbocycles. The van der Waals surface area contributed by atoms with Gasteiger partial charge in [-0.1, -0.05) is 47.5 Å². The van der Waals surface area contributed by atoms with Crippen LogP contribution in [0.3, 0.4) is 0 Å². The van der Waals surface area contributed by atoms with E-state index in [2.05, 4.69) is 5.32 Å². The van der Waals surface area contributed by atoms with Gasteiger partial charge in [0.15, 0.2) is 0 Å². The second-order valence-corrected chi connectivity index (χ2v) is 5.78. The molecule has 3 nitrogen and oxygen atoms in total. The lowest BCUT2D eigenvalue weighted by atomic mass is 10.1. The summed E-state index contributed by atoms with van der Waals surface area (Å²) < 4.78 is 5.36. The zero-order valence-corrected chi connectivity index (χ0v) is 13.8. The fourth-order valence-electron chi connectivity index (χ4n) is 2.42. The van der Waals surface area contributed by atoms with E-state index in [1.807, 2.05) is 36.4 Å². The van der Waals surface area contributed by atoms with Crippen LogP contribution in [0.4, 0.5) is 5.69 Å². The van der Waals surface area contributed by atoms with Crippen LogP contribution in [0, 0.1) is 0 Å². The fourth-order valence-corrected chi connectivity index (χ4v) is 2.92. The van der Waals surface area contributed by atoms with Crippen LogP contribution in [0.25, 0.3) is 10.8 Å². The Morgan fingerprint density at radius 2 is 1.74 bits per heavy atom. The van der Waals surface area contributed by atoms with Crippen LogP contribution in [0.15, 0.2) is 54.6 Å². The summed E-state index contributed by atoms with van der Waals surface area (Å²) >= 11 is 12.0. The van der Waals surface area contributed by atoms with Crippen LogP contribution in [0.5, 0.6) is 5.75 Å². The van der Waals surface area contributed by atoms with Crippen molar-refractivity contribution in [2.45, 2.75) is 0 Å². The maximum Gasteiger partial charge on any atom is 0.257 e. The Balaban J connectivity index is 2.00. The molecule has 3 rings (SSSR count). The van der Waals surface area contributed by atoms with Gasteiger partial charge in [0, 0.05) is 21.5 Å². The molecule has 1 N–H and O–H groups in total. The molecule has 0 aliphatic rings. The summed E-state index contributed by atoms with van der Waals surface area (Å²) in [6.45, 7) is 0. The molecule has 0 fully saturated rings. The van der Waals surface area contributed by atoms with Gasteiger partial charge in [0.05, 0.1) is 17.7 Å². The Labute approximate surface area is 143 Å². The topological polar surface area (TPSA) is 38.3 Å². The predicted octanol–water partition coefficient (Wildman–Crippen LogP) is 5.41. The van der Waals surface area contributed by atoms with Crippen molar-refractivity contribution in [1.29, 1.82) is 0 Å². The lowest BCUT2D eigenvalue weighted by molar-refractivity contribution is 0.102. The second-order valence-electron chi connectivity index (χ2n) is 4.94. The van der Waals surface area contributed by atoms with E-state index in [-0.39, 0.29) is 5.91 Å². The van der Waals surface area contributed by atoms with Crippen molar-refractivity contribution in [2.24, 2.45) is 0 Å². The second kappa shape index (κ2) is 6.49. The Hall–Kier alpha value is -2.23. The van der Waals surface area contributed by atoms with Crippen molar-refractivity contribution in [2.75, 3.05) is 12.4 Å². The smallest absolute Gasteiger partial charge is 0.257 e. The monoisotopic (exact) mass is 345 g/mol. The molecule has 0 aromatic heterocycles. The predicted molar refractivity (Wildman–Crippen MR) is 94.9 cm³/mol. The normalized spacial score (nSPS) is 10.6. The van der Waals surface area contributed by atoms with Crippen molar-refractivity contribution in [1.82, 2.24) is 0 Å². The summed E-state index contributed by atoms with van der Waals surface area (Å²) in [7, 11) is 1.62. The molecular formula is C18H13Cl2NO2. The lowest BCUT2D eigenvalue weighted by Crippen LogP contribution is -2.12. The van der Waals surface area contributed by atoms with E-state index >= 15 is 0 Å². The van der Waals surface area contributed by atoms with Crippen molar-refractivity contribution in [3.8, 4) is 5.75 Å². The van der Waals surface area contributed by atoms with Gasteiger partial charge in [0.2, 0.25) is 0 Å². The number of anilines is 1. The van der Waals surface area contributed by atoms with E-state index in [0.717, 1.165) is 16.5 Å². The Morgan fingerprint density at radius 1 is 1.00 bits per heavy atom. The third-order valence-electron chi connectivity index (χ3n) is 3.53. The first-order chi connectivity index (χ1) is 11.1. The first-order valence-electron chi connectivity index (χ1n) is 6.92. The molecule has 1 amide bonds. The van der Waals surface area contributed by atoms with Crippen LogP contribution in [0.2, 0.25) is 10.0 Å². The molecule has 0 saturated carbocycles. The number of rotatable bonds is 3. The Morgan fingerprint density at radius 3 is 2.43 bits per heavy atom. The number of fused-ring (bicyclic) bond motifs is 1. The van der Waals surface area contributed by atoms with E-state index in [0.29, 0.717) is 21.3 Å². The number of benzene rings is 3. The van der Waals surface area contributed by atoms with Gasteiger partial charge in [-0.2, -0.15) is 0 Å². The summed E-state index contributed by atoms with van der Waals surface area (Å²) in [4.78, 5) is 12.5. The number of amides is 1. The van der Waals surface area contributed by atoms with Crippen LogP contribution in [0.1, 0.15) is 10.4 Å². The third-order valence-corrected chi connectivity index (χ3v) is 4.08. The minimum absolute atomic E-state index is 0.290. The van der Waals surface area contributed by atoms with Crippen molar-refractivity contribution >= 4 is 45.6 Å². The van der Waals surface area contributed by atoms with Crippen LogP contribution in [-0.2, 0) is 0 Å². The molecule has 0 atom stereocenters. The molecule has 0 radical (unpaired) electrons. The van der Waals surface area contributed by atoms with Crippen LogP contribution >= 0.6 is 23.2 Å². The highest BCUT2D eigenvalue weighted by Crippen LogP contribution is 2.32. The van der Waals surface area contributed by atoms with Gasteiger partial charge in [-0.05, 0) is 30.3 Å². The number of carbonyl (C=O) groups is 1. The number of halogens is 2. The fraction of sp³-hybridized carbons (Fsp3) is 0.0556. The van der Waals surface area contributed by atoms with Gasteiger partial charge in [-0.25, -0.2) is 0 Å². The highest BCUT2D eigenvalue weighted by atomic mass is 35.5. The zero-order chi connectivity index (χ0) is 16.4. The Kier molecular flexibility index (Phi) is 4.42. The average molecular weight is 346 g/mol. The summed E-state index contributed by atoms with van der Waals surface area (Å²) in [5.74, 6) is 0.463. The van der Waals surface area contributed by atoms with Crippen molar-refractivity contribution in [3.63, 3.8) is 0 Å². The van der Waals surface area contributed by atoms with Crippen molar-refractivity contribution in [3.05, 3.63) is 70.2 Å². The molecule has 0 heterocycles. The summed E-state index contributed by atoms with van der Waals surface area (Å²) in [5, 5.41) is 5.51. The summed E-state index contributed by atoms with van der Waals surface area (Å²) in [6, 6.07) is 16.1. The minimum atomic E-state index is -0.290. The maximum absolute atomic E-state index is 12.5. The molecule has 3 aromatic carbocycles. The number of hydrogen-bond acceptors (Lipinski definition) is 2. The molecule has 23 heavy (non-hydrogen) atoms. The van der Waals surface area contributed by atoms with E-state index in [9.17, 15) is 4.79 Å². The number of ether oxygens (including phenoxy) is 1. The van der Waals surface area contributed by atoms with Crippen LogP contribution in [-0.4, -0.2) is 13.0 Å². The zero-order valence-electron chi connectivity index (χ0n) is 12.3. The van der Waals surface area contributed by atoms with Gasteiger partial charge in [0.25, 0.3) is 5.91 Å². The molecule has 5 heteroatoms. The standard InChI is InChI=1S/C18H13Cl2NO2/c1-23-17-9-8-16(12-4-2-3-5-13(12)17)21-18(22)14-7-6-11(19)10-15(14)20/h2-10H,1H3,(H,21,22). The molecule has 0 spiro atoms. The Bertz CT molecular complexity index is 893. The molecule has 0 bridgehead atoms. The SMILES string of the molecule is COc1ccc(NC(=O)c2ccc(Cl)cc2Cl)c2ccccc12. The molecule has 0 unspecified atom stereocenters. The molecule has 0 aliphatic heterocycles. The summed E-state index contributed by atoms with van der Waals surface area (Å²) in [6.07, 6.45) is 0.